The van der Waals surface area contributed by atoms with Crippen molar-refractivity contribution < 1.29 is 9.53 Å². The summed E-state index contributed by atoms with van der Waals surface area (Å²) in [4.78, 5) is 23.3. The fourth-order valence-corrected chi connectivity index (χ4v) is 3.38. The smallest absolute Gasteiger partial charge is 0.224 e. The van der Waals surface area contributed by atoms with Gasteiger partial charge in [0.2, 0.25) is 5.91 Å². The molecule has 4 rings (SSSR count). The molecule has 2 heterocycles. The Morgan fingerprint density at radius 1 is 1.15 bits per heavy atom. The average molecular weight is 362 g/mol. The first kappa shape index (κ1) is 17.3. The summed E-state index contributed by atoms with van der Waals surface area (Å²) in [5, 5.41) is 3.35. The second-order valence-corrected chi connectivity index (χ2v) is 6.73. The third-order valence-corrected chi connectivity index (χ3v) is 4.84. The molecular formula is C21H22N4O2. The van der Waals surface area contributed by atoms with Crippen LogP contribution in [0.4, 0.5) is 5.82 Å². The second kappa shape index (κ2) is 7.61. The summed E-state index contributed by atoms with van der Waals surface area (Å²) >= 11 is 0. The molecule has 1 N–H and O–H groups in total. The van der Waals surface area contributed by atoms with Crippen molar-refractivity contribution in [1.82, 2.24) is 14.9 Å². The van der Waals surface area contributed by atoms with E-state index >= 15 is 0 Å². The number of fused-ring (bicyclic) bond motifs is 1. The zero-order valence-electron chi connectivity index (χ0n) is 15.3. The lowest BCUT2D eigenvalue weighted by molar-refractivity contribution is -0.127. The molecule has 1 amide bonds. The highest BCUT2D eigenvalue weighted by Gasteiger charge is 2.29. The van der Waals surface area contributed by atoms with Crippen molar-refractivity contribution in [3.05, 3.63) is 60.3 Å². The van der Waals surface area contributed by atoms with E-state index in [1.54, 1.807) is 13.3 Å². The maximum atomic E-state index is 12.3. The van der Waals surface area contributed by atoms with Gasteiger partial charge in [0.05, 0.1) is 30.4 Å². The van der Waals surface area contributed by atoms with E-state index in [1.807, 2.05) is 53.4 Å². The van der Waals surface area contributed by atoms with Crippen molar-refractivity contribution in [2.75, 3.05) is 25.5 Å². The number of nitrogens with one attached hydrogen (secondary N) is 1. The predicted molar refractivity (Wildman–Crippen MR) is 105 cm³/mol. The number of hydrogen-bond donors (Lipinski definition) is 1. The number of rotatable bonds is 6. The zero-order chi connectivity index (χ0) is 18.6. The lowest BCUT2D eigenvalue weighted by atomic mass is 10.1. The minimum absolute atomic E-state index is 0.0591. The Kier molecular flexibility index (Phi) is 4.87. The van der Waals surface area contributed by atoms with Crippen molar-refractivity contribution >= 4 is 22.8 Å². The number of methoxy groups -OCH3 is 1. The third-order valence-electron chi connectivity index (χ3n) is 4.84. The number of anilines is 1. The van der Waals surface area contributed by atoms with Crippen LogP contribution in [0.25, 0.3) is 11.0 Å². The number of para-hydroxylation sites is 2. The van der Waals surface area contributed by atoms with Gasteiger partial charge in [0.15, 0.2) is 0 Å². The Hall–Kier alpha value is -3.15. The fraction of sp³-hybridized carbons (Fsp3) is 0.286. The molecule has 0 unspecified atom stereocenters. The van der Waals surface area contributed by atoms with Crippen molar-refractivity contribution in [3.63, 3.8) is 0 Å². The summed E-state index contributed by atoms with van der Waals surface area (Å²) in [5.41, 5.74) is 2.91. The number of benzene rings is 2. The van der Waals surface area contributed by atoms with Gasteiger partial charge in [-0.25, -0.2) is 4.98 Å². The number of nitrogens with zero attached hydrogens (tertiary/aromatic N) is 3. The summed E-state index contributed by atoms with van der Waals surface area (Å²) in [6.07, 6.45) is 3.04. The predicted octanol–water partition coefficient (Wildman–Crippen LogP) is 2.89. The number of ether oxygens (including phenoxy) is 1. The molecule has 0 radical (unpaired) electrons. The monoisotopic (exact) mass is 362 g/mol. The van der Waals surface area contributed by atoms with E-state index < -0.39 is 0 Å². The molecule has 27 heavy (non-hydrogen) atoms. The summed E-state index contributed by atoms with van der Waals surface area (Å²) in [7, 11) is 1.66. The van der Waals surface area contributed by atoms with E-state index in [4.69, 9.17) is 4.74 Å². The Labute approximate surface area is 158 Å². The molecule has 0 aliphatic carbocycles. The Bertz CT molecular complexity index is 942. The van der Waals surface area contributed by atoms with Gasteiger partial charge < -0.3 is 15.0 Å². The molecule has 1 aromatic heterocycles. The van der Waals surface area contributed by atoms with Gasteiger partial charge in [-0.05, 0) is 36.2 Å². The van der Waals surface area contributed by atoms with E-state index in [2.05, 4.69) is 15.3 Å². The van der Waals surface area contributed by atoms with Crippen LogP contribution in [0.1, 0.15) is 12.0 Å². The van der Waals surface area contributed by atoms with Crippen molar-refractivity contribution in [2.45, 2.75) is 18.9 Å². The zero-order valence-corrected chi connectivity index (χ0v) is 15.3. The minimum Gasteiger partial charge on any atom is -0.497 e. The van der Waals surface area contributed by atoms with E-state index in [1.165, 1.54) is 5.56 Å². The SMILES string of the molecule is COc1ccc(CCN2C[C@H](Nc3cnc4ccccc4n3)CC2=O)cc1. The molecule has 0 saturated carbocycles. The van der Waals surface area contributed by atoms with E-state index in [-0.39, 0.29) is 11.9 Å². The van der Waals surface area contributed by atoms with Crippen LogP contribution >= 0.6 is 0 Å². The molecule has 2 aromatic carbocycles. The average Bonchev–Trinajstić information content (AvgIpc) is 3.05. The van der Waals surface area contributed by atoms with Crippen LogP contribution in [0.2, 0.25) is 0 Å². The standard InChI is InChI=1S/C21H22N4O2/c1-27-17-8-6-15(7-9-17)10-11-25-14-16(12-21(25)26)23-20-13-22-18-4-2-3-5-19(18)24-20/h2-9,13,16H,10-12,14H2,1H3,(H,23,24)/t16-/m1/s1. The quantitative estimate of drug-likeness (QED) is 0.730. The molecule has 138 valence electrons. The van der Waals surface area contributed by atoms with Crippen LogP contribution in [0, 0.1) is 0 Å². The number of carbonyl (C=O) groups excluding carboxylic acids is 1. The molecule has 3 aromatic rings. The van der Waals surface area contributed by atoms with Gasteiger partial charge in [-0.1, -0.05) is 24.3 Å². The number of aromatic nitrogens is 2. The van der Waals surface area contributed by atoms with Gasteiger partial charge in [-0.15, -0.1) is 0 Å². The lowest BCUT2D eigenvalue weighted by Crippen LogP contribution is -2.30. The molecular weight excluding hydrogens is 340 g/mol. The molecule has 0 bridgehead atoms. The van der Waals surface area contributed by atoms with Gasteiger partial charge in [-0.3, -0.25) is 9.78 Å². The topological polar surface area (TPSA) is 67.3 Å². The fourth-order valence-electron chi connectivity index (χ4n) is 3.38. The number of carbonyl (C=O) groups is 1. The maximum absolute atomic E-state index is 12.3. The van der Waals surface area contributed by atoms with Crippen LogP contribution < -0.4 is 10.1 Å². The minimum atomic E-state index is 0.0591. The van der Waals surface area contributed by atoms with Crippen LogP contribution in [0.15, 0.2) is 54.7 Å². The van der Waals surface area contributed by atoms with Crippen molar-refractivity contribution in [2.24, 2.45) is 0 Å². The molecule has 0 spiro atoms. The first-order valence-electron chi connectivity index (χ1n) is 9.10. The summed E-state index contributed by atoms with van der Waals surface area (Å²) in [6.45, 7) is 1.40. The van der Waals surface area contributed by atoms with Crippen LogP contribution in [-0.4, -0.2) is 47.0 Å². The van der Waals surface area contributed by atoms with Gasteiger partial charge in [0, 0.05) is 19.5 Å². The van der Waals surface area contributed by atoms with Crippen LogP contribution in [0.5, 0.6) is 5.75 Å². The Morgan fingerprint density at radius 3 is 2.70 bits per heavy atom. The van der Waals surface area contributed by atoms with E-state index in [9.17, 15) is 4.79 Å². The first-order valence-corrected chi connectivity index (χ1v) is 9.10. The largest absolute Gasteiger partial charge is 0.497 e. The molecule has 6 heteroatoms. The summed E-state index contributed by atoms with van der Waals surface area (Å²) in [5.74, 6) is 1.73. The Morgan fingerprint density at radius 2 is 1.93 bits per heavy atom. The normalized spacial score (nSPS) is 16.7. The number of amides is 1. The molecule has 1 aliphatic rings. The third kappa shape index (κ3) is 4.00. The summed E-state index contributed by atoms with van der Waals surface area (Å²) in [6, 6.07) is 15.8. The molecule has 1 fully saturated rings. The van der Waals surface area contributed by atoms with Crippen LogP contribution in [-0.2, 0) is 11.2 Å². The van der Waals surface area contributed by atoms with Crippen LogP contribution in [0.3, 0.4) is 0 Å². The summed E-state index contributed by atoms with van der Waals surface area (Å²) < 4.78 is 5.18. The molecule has 1 atom stereocenters. The van der Waals surface area contributed by atoms with Gasteiger partial charge in [-0.2, -0.15) is 0 Å². The van der Waals surface area contributed by atoms with E-state index in [0.29, 0.717) is 25.3 Å². The molecule has 1 saturated heterocycles. The van der Waals surface area contributed by atoms with Crippen molar-refractivity contribution in [3.8, 4) is 5.75 Å². The highest BCUT2D eigenvalue weighted by Crippen LogP contribution is 2.18. The van der Waals surface area contributed by atoms with Gasteiger partial charge in [0.1, 0.15) is 11.6 Å². The van der Waals surface area contributed by atoms with Gasteiger partial charge >= 0.3 is 0 Å². The first-order chi connectivity index (χ1) is 13.2. The highest BCUT2D eigenvalue weighted by atomic mass is 16.5. The lowest BCUT2D eigenvalue weighted by Gasteiger charge is -2.17. The number of hydrogen-bond acceptors (Lipinski definition) is 5. The highest BCUT2D eigenvalue weighted by molar-refractivity contribution is 5.80. The van der Waals surface area contributed by atoms with Crippen molar-refractivity contribution in [1.29, 1.82) is 0 Å². The second-order valence-electron chi connectivity index (χ2n) is 6.73. The van der Waals surface area contributed by atoms with E-state index in [0.717, 1.165) is 23.2 Å². The number of likely N-dealkylation sites (tertiary alicyclic amines) is 1. The maximum Gasteiger partial charge on any atom is 0.224 e. The molecule has 1 aliphatic heterocycles. The molecule has 6 nitrogen and oxygen atoms in total. The Balaban J connectivity index is 1.35. The van der Waals surface area contributed by atoms with Gasteiger partial charge in [0.25, 0.3) is 0 Å².